The third kappa shape index (κ3) is 6.71. The summed E-state index contributed by atoms with van der Waals surface area (Å²) in [6.45, 7) is 4.93. The van der Waals surface area contributed by atoms with Gasteiger partial charge in [0, 0.05) is 19.1 Å². The Morgan fingerprint density at radius 3 is 2.20 bits per heavy atom. The lowest BCUT2D eigenvalue weighted by molar-refractivity contribution is -0.141. The van der Waals surface area contributed by atoms with E-state index in [0.717, 1.165) is 11.2 Å². The van der Waals surface area contributed by atoms with E-state index in [4.69, 9.17) is 5.11 Å². The lowest BCUT2D eigenvalue weighted by Gasteiger charge is -2.28. The lowest BCUT2D eigenvalue weighted by atomic mass is 10.1. The van der Waals surface area contributed by atoms with E-state index >= 15 is 0 Å². The molecule has 0 saturated carbocycles. The normalized spacial score (nSPS) is 13.7. The first kappa shape index (κ1) is 18.7. The molecule has 20 heavy (non-hydrogen) atoms. The van der Waals surface area contributed by atoms with Crippen LogP contribution in [0.25, 0.3) is 0 Å². The third-order valence-corrected chi connectivity index (χ3v) is 3.53. The van der Waals surface area contributed by atoms with Crippen LogP contribution in [0.1, 0.15) is 27.2 Å². The number of nitrogens with zero attached hydrogens (tertiary/aromatic N) is 1. The Morgan fingerprint density at radius 2 is 1.85 bits per heavy atom. The van der Waals surface area contributed by atoms with E-state index in [2.05, 4.69) is 10.0 Å². The summed E-state index contributed by atoms with van der Waals surface area (Å²) in [6, 6.07) is -1.48. The highest BCUT2D eigenvalue weighted by molar-refractivity contribution is 7.88. The highest BCUT2D eigenvalue weighted by atomic mass is 32.2. The van der Waals surface area contributed by atoms with Gasteiger partial charge in [-0.05, 0) is 20.3 Å². The zero-order valence-corrected chi connectivity index (χ0v) is 13.2. The van der Waals surface area contributed by atoms with Gasteiger partial charge in [-0.3, -0.25) is 0 Å². The molecule has 0 aliphatic carbocycles. The van der Waals surface area contributed by atoms with E-state index in [1.807, 2.05) is 0 Å². The maximum Gasteiger partial charge on any atom is 0.326 e. The average Bonchev–Trinajstić information content (AvgIpc) is 2.22. The number of likely N-dealkylation sites (N-methyl/N-ethyl adjacent to an activating group) is 1. The SMILES string of the molecule is CCC(C(=O)O)N(C)C(=O)NCC(C)(C)NS(C)(=O)=O. The van der Waals surface area contributed by atoms with Gasteiger partial charge in [-0.2, -0.15) is 0 Å². The van der Waals surface area contributed by atoms with Gasteiger partial charge >= 0.3 is 12.0 Å². The highest BCUT2D eigenvalue weighted by Gasteiger charge is 2.27. The molecular weight excluding hydrogens is 286 g/mol. The molecule has 0 aliphatic heterocycles. The molecule has 2 amide bonds. The molecule has 0 radical (unpaired) electrons. The van der Waals surface area contributed by atoms with Gasteiger partial charge in [-0.25, -0.2) is 22.7 Å². The molecule has 0 saturated heterocycles. The smallest absolute Gasteiger partial charge is 0.326 e. The minimum absolute atomic E-state index is 0.0410. The number of carbonyl (C=O) groups excluding carboxylic acids is 1. The summed E-state index contributed by atoms with van der Waals surface area (Å²) in [7, 11) is -2.01. The van der Waals surface area contributed by atoms with Crippen LogP contribution in [0.3, 0.4) is 0 Å². The Morgan fingerprint density at radius 1 is 1.35 bits per heavy atom. The van der Waals surface area contributed by atoms with Crippen molar-refractivity contribution in [2.75, 3.05) is 19.8 Å². The number of hydrogen-bond donors (Lipinski definition) is 3. The predicted molar refractivity (Wildman–Crippen MR) is 74.9 cm³/mol. The summed E-state index contributed by atoms with van der Waals surface area (Å²) < 4.78 is 24.7. The zero-order valence-electron chi connectivity index (χ0n) is 12.4. The maximum atomic E-state index is 11.8. The van der Waals surface area contributed by atoms with E-state index in [-0.39, 0.29) is 13.0 Å². The minimum Gasteiger partial charge on any atom is -0.480 e. The Hall–Kier alpha value is -1.35. The van der Waals surface area contributed by atoms with Crippen molar-refractivity contribution in [1.29, 1.82) is 0 Å². The molecule has 0 fully saturated rings. The fourth-order valence-corrected chi connectivity index (χ4v) is 2.79. The number of sulfonamides is 1. The summed E-state index contributed by atoms with van der Waals surface area (Å²) in [6.07, 6.45) is 1.31. The molecule has 0 spiro atoms. The summed E-state index contributed by atoms with van der Waals surface area (Å²) in [4.78, 5) is 23.9. The Balaban J connectivity index is 4.59. The fraction of sp³-hybridized carbons (Fsp3) is 0.818. The van der Waals surface area contributed by atoms with Gasteiger partial charge in [-0.1, -0.05) is 6.92 Å². The van der Waals surface area contributed by atoms with Gasteiger partial charge in [-0.15, -0.1) is 0 Å². The highest BCUT2D eigenvalue weighted by Crippen LogP contribution is 2.05. The third-order valence-electron chi connectivity index (χ3n) is 2.60. The Bertz CT molecular complexity index is 461. The molecule has 1 atom stereocenters. The average molecular weight is 309 g/mol. The molecule has 118 valence electrons. The van der Waals surface area contributed by atoms with Crippen LogP contribution in [0.15, 0.2) is 0 Å². The summed E-state index contributed by atoms with van der Waals surface area (Å²) >= 11 is 0. The van der Waals surface area contributed by atoms with Gasteiger partial charge in [0.15, 0.2) is 0 Å². The molecule has 0 aliphatic rings. The van der Waals surface area contributed by atoms with E-state index in [1.54, 1.807) is 20.8 Å². The second-order valence-electron chi connectivity index (χ2n) is 5.29. The van der Waals surface area contributed by atoms with Gasteiger partial charge in [0.05, 0.1) is 6.26 Å². The molecule has 8 nitrogen and oxygen atoms in total. The number of nitrogens with one attached hydrogen (secondary N) is 2. The minimum atomic E-state index is -3.39. The lowest BCUT2D eigenvalue weighted by Crippen LogP contribution is -2.54. The van der Waals surface area contributed by atoms with Crippen LogP contribution >= 0.6 is 0 Å². The number of urea groups is 1. The summed E-state index contributed by atoms with van der Waals surface area (Å²) in [5.74, 6) is -1.08. The monoisotopic (exact) mass is 309 g/mol. The molecule has 0 aromatic rings. The largest absolute Gasteiger partial charge is 0.480 e. The quantitative estimate of drug-likeness (QED) is 0.603. The number of carboxylic acid groups (broad SMARTS) is 1. The van der Waals surface area contributed by atoms with Gasteiger partial charge in [0.25, 0.3) is 0 Å². The van der Waals surface area contributed by atoms with Crippen molar-refractivity contribution >= 4 is 22.0 Å². The number of rotatable bonds is 7. The first-order chi connectivity index (χ1) is 8.89. The number of hydrogen-bond acceptors (Lipinski definition) is 4. The standard InChI is InChI=1S/C11H23N3O5S/c1-6-8(9(15)16)14(4)10(17)12-7-11(2,3)13-20(5,18)19/h8,13H,6-7H2,1-5H3,(H,12,17)(H,15,16). The molecule has 1 unspecified atom stereocenters. The van der Waals surface area contributed by atoms with Crippen LogP contribution in [0.5, 0.6) is 0 Å². The molecule has 0 rings (SSSR count). The van der Waals surface area contributed by atoms with Crippen LogP contribution in [-0.4, -0.2) is 61.9 Å². The second-order valence-corrected chi connectivity index (χ2v) is 7.04. The van der Waals surface area contributed by atoms with E-state index in [0.29, 0.717) is 0 Å². The first-order valence-corrected chi connectivity index (χ1v) is 8.01. The molecule has 0 aromatic carbocycles. The summed E-state index contributed by atoms with van der Waals surface area (Å²) in [5.41, 5.74) is -0.866. The van der Waals surface area contributed by atoms with Crippen molar-refractivity contribution in [3.63, 3.8) is 0 Å². The number of carboxylic acids is 1. The van der Waals surface area contributed by atoms with Crippen LogP contribution in [0.4, 0.5) is 4.79 Å². The second kappa shape index (κ2) is 6.89. The predicted octanol–water partition coefficient (Wildman–Crippen LogP) is -0.181. The van der Waals surface area contributed by atoms with Crippen LogP contribution in [0, 0.1) is 0 Å². The number of amides is 2. The molecule has 0 bridgehead atoms. The van der Waals surface area contributed by atoms with Gasteiger partial charge in [0.1, 0.15) is 6.04 Å². The molecular formula is C11H23N3O5S. The van der Waals surface area contributed by atoms with Crippen molar-refractivity contribution in [2.24, 2.45) is 0 Å². The van der Waals surface area contributed by atoms with E-state index < -0.39 is 33.6 Å². The zero-order chi connectivity index (χ0) is 16.1. The summed E-state index contributed by atoms with van der Waals surface area (Å²) in [5, 5.41) is 11.5. The Kier molecular flexibility index (Phi) is 6.42. The topological polar surface area (TPSA) is 116 Å². The van der Waals surface area contributed by atoms with Crippen LogP contribution < -0.4 is 10.0 Å². The molecule has 9 heteroatoms. The first-order valence-electron chi connectivity index (χ1n) is 6.12. The van der Waals surface area contributed by atoms with Gasteiger partial charge in [0.2, 0.25) is 10.0 Å². The number of carbonyl (C=O) groups is 2. The van der Waals surface area contributed by atoms with Crippen molar-refractivity contribution in [3.05, 3.63) is 0 Å². The number of aliphatic carboxylic acids is 1. The van der Waals surface area contributed by atoms with Crippen LogP contribution in [0.2, 0.25) is 0 Å². The van der Waals surface area contributed by atoms with Crippen molar-refractivity contribution in [3.8, 4) is 0 Å². The van der Waals surface area contributed by atoms with Crippen molar-refractivity contribution in [2.45, 2.75) is 38.8 Å². The molecule has 0 heterocycles. The maximum absolute atomic E-state index is 11.8. The molecule has 3 N–H and O–H groups in total. The van der Waals surface area contributed by atoms with Crippen molar-refractivity contribution < 1.29 is 23.1 Å². The van der Waals surface area contributed by atoms with E-state index in [9.17, 15) is 18.0 Å². The van der Waals surface area contributed by atoms with E-state index in [1.165, 1.54) is 7.05 Å². The Labute approximate surface area is 119 Å². The molecule has 0 aromatic heterocycles. The van der Waals surface area contributed by atoms with Crippen molar-refractivity contribution in [1.82, 2.24) is 14.9 Å². The van der Waals surface area contributed by atoms with Crippen LogP contribution in [-0.2, 0) is 14.8 Å². The fourth-order valence-electron chi connectivity index (χ4n) is 1.71. The van der Waals surface area contributed by atoms with Gasteiger partial charge < -0.3 is 15.3 Å².